The van der Waals surface area contributed by atoms with E-state index in [4.69, 9.17) is 18.0 Å². The van der Waals surface area contributed by atoms with E-state index < -0.39 is 9.84 Å². The van der Waals surface area contributed by atoms with E-state index in [0.29, 0.717) is 5.01 Å². The molecule has 17 heavy (non-hydrogen) atoms. The SMILES string of the molecule is CCS(=O)(=O)Cc1nc(C(C)C)c(C(N)=S)s1. The Bertz CT molecular complexity index is 518. The number of nitrogens with two attached hydrogens (primary N) is 1. The van der Waals surface area contributed by atoms with Crippen molar-refractivity contribution in [1.82, 2.24) is 4.98 Å². The molecule has 2 N–H and O–H groups in total. The molecule has 0 saturated heterocycles. The van der Waals surface area contributed by atoms with Crippen LogP contribution >= 0.6 is 23.6 Å². The van der Waals surface area contributed by atoms with Crippen LogP contribution in [0.4, 0.5) is 0 Å². The Morgan fingerprint density at radius 2 is 2.12 bits per heavy atom. The van der Waals surface area contributed by atoms with Crippen molar-refractivity contribution in [2.75, 3.05) is 5.75 Å². The van der Waals surface area contributed by atoms with Crippen LogP contribution in [0.15, 0.2) is 0 Å². The summed E-state index contributed by atoms with van der Waals surface area (Å²) in [6.07, 6.45) is 0. The second kappa shape index (κ2) is 5.41. The average Bonchev–Trinajstić information content (AvgIpc) is 2.61. The Morgan fingerprint density at radius 3 is 2.47 bits per heavy atom. The van der Waals surface area contributed by atoms with Crippen LogP contribution < -0.4 is 5.73 Å². The van der Waals surface area contributed by atoms with E-state index in [-0.39, 0.29) is 22.4 Å². The van der Waals surface area contributed by atoms with E-state index in [1.54, 1.807) is 6.92 Å². The molecule has 1 aromatic rings. The molecule has 0 bridgehead atoms. The second-order valence-electron chi connectivity index (χ2n) is 4.02. The summed E-state index contributed by atoms with van der Waals surface area (Å²) in [6, 6.07) is 0. The van der Waals surface area contributed by atoms with Gasteiger partial charge in [-0.25, -0.2) is 13.4 Å². The molecule has 4 nitrogen and oxygen atoms in total. The Morgan fingerprint density at radius 1 is 1.53 bits per heavy atom. The molecule has 0 atom stereocenters. The smallest absolute Gasteiger partial charge is 0.156 e. The van der Waals surface area contributed by atoms with Crippen molar-refractivity contribution in [3.63, 3.8) is 0 Å². The minimum absolute atomic E-state index is 0.0312. The fourth-order valence-corrected chi connectivity index (χ4v) is 3.81. The van der Waals surface area contributed by atoms with Gasteiger partial charge >= 0.3 is 0 Å². The zero-order chi connectivity index (χ0) is 13.2. The summed E-state index contributed by atoms with van der Waals surface area (Å²) in [5.74, 6) is 0.267. The molecule has 0 aliphatic rings. The Labute approximate surface area is 111 Å². The first kappa shape index (κ1) is 14.5. The van der Waals surface area contributed by atoms with Gasteiger partial charge in [0.15, 0.2) is 9.84 Å². The van der Waals surface area contributed by atoms with Crippen molar-refractivity contribution in [2.24, 2.45) is 5.73 Å². The summed E-state index contributed by atoms with van der Waals surface area (Å²) in [5, 5.41) is 0.568. The third-order valence-electron chi connectivity index (χ3n) is 2.25. The van der Waals surface area contributed by atoms with Crippen LogP contribution in [-0.4, -0.2) is 24.1 Å². The highest BCUT2D eigenvalue weighted by atomic mass is 32.2. The molecule has 7 heteroatoms. The predicted molar refractivity (Wildman–Crippen MR) is 75.3 cm³/mol. The first-order chi connectivity index (χ1) is 7.76. The third kappa shape index (κ3) is 3.72. The van der Waals surface area contributed by atoms with Crippen LogP contribution in [-0.2, 0) is 15.6 Å². The van der Waals surface area contributed by atoms with Gasteiger partial charge in [-0.3, -0.25) is 0 Å². The van der Waals surface area contributed by atoms with Gasteiger partial charge in [-0.05, 0) is 5.92 Å². The minimum atomic E-state index is -3.06. The van der Waals surface area contributed by atoms with Crippen LogP contribution in [0.2, 0.25) is 0 Å². The van der Waals surface area contributed by atoms with Crippen LogP contribution in [0, 0.1) is 0 Å². The van der Waals surface area contributed by atoms with Gasteiger partial charge in [0, 0.05) is 5.75 Å². The summed E-state index contributed by atoms with van der Waals surface area (Å²) in [5.41, 5.74) is 6.41. The van der Waals surface area contributed by atoms with Crippen LogP contribution in [0.5, 0.6) is 0 Å². The molecule has 0 amide bonds. The highest BCUT2D eigenvalue weighted by molar-refractivity contribution is 7.90. The average molecular weight is 292 g/mol. The molecule has 1 heterocycles. The normalized spacial score (nSPS) is 12.0. The number of nitrogens with zero attached hydrogens (tertiary/aromatic N) is 1. The molecule has 0 aliphatic heterocycles. The van der Waals surface area contributed by atoms with Crippen LogP contribution in [0.3, 0.4) is 0 Å². The van der Waals surface area contributed by atoms with E-state index in [2.05, 4.69) is 4.98 Å². The fraction of sp³-hybridized carbons (Fsp3) is 0.600. The second-order valence-corrected chi connectivity index (χ2v) is 7.89. The molecule has 0 saturated carbocycles. The summed E-state index contributed by atoms with van der Waals surface area (Å²) >= 11 is 6.23. The number of thiazole rings is 1. The molecule has 0 radical (unpaired) electrons. The van der Waals surface area contributed by atoms with Gasteiger partial charge in [0.2, 0.25) is 0 Å². The number of rotatable bonds is 5. The lowest BCUT2D eigenvalue weighted by atomic mass is 10.1. The van der Waals surface area contributed by atoms with Gasteiger partial charge < -0.3 is 5.73 Å². The summed E-state index contributed by atoms with van der Waals surface area (Å²) in [6.45, 7) is 5.59. The highest BCUT2D eigenvalue weighted by Crippen LogP contribution is 2.26. The van der Waals surface area contributed by atoms with Gasteiger partial charge in [0.05, 0.1) is 10.6 Å². The highest BCUT2D eigenvalue weighted by Gasteiger charge is 2.19. The van der Waals surface area contributed by atoms with Crippen molar-refractivity contribution in [1.29, 1.82) is 0 Å². The van der Waals surface area contributed by atoms with Crippen molar-refractivity contribution in [3.05, 3.63) is 15.6 Å². The van der Waals surface area contributed by atoms with Crippen molar-refractivity contribution >= 4 is 38.4 Å². The number of aromatic nitrogens is 1. The van der Waals surface area contributed by atoms with Gasteiger partial charge in [-0.1, -0.05) is 33.0 Å². The van der Waals surface area contributed by atoms with Gasteiger partial charge in [0.1, 0.15) is 15.7 Å². The number of thiocarbonyl (C=S) groups is 1. The lowest BCUT2D eigenvalue weighted by Gasteiger charge is -2.02. The predicted octanol–water partition coefficient (Wildman–Crippen LogP) is 1.84. The maximum absolute atomic E-state index is 11.5. The molecule has 1 aromatic heterocycles. The monoisotopic (exact) mass is 292 g/mol. The van der Waals surface area contributed by atoms with Crippen LogP contribution in [0.1, 0.15) is 42.3 Å². The molecular formula is C10H16N2O2S3. The maximum atomic E-state index is 11.5. The number of hydrogen-bond acceptors (Lipinski definition) is 5. The summed E-state index contributed by atoms with van der Waals surface area (Å²) in [4.78, 5) is 5.35. The minimum Gasteiger partial charge on any atom is -0.389 e. The van der Waals surface area contributed by atoms with Crippen molar-refractivity contribution in [3.8, 4) is 0 Å². The molecule has 0 unspecified atom stereocenters. The van der Waals surface area contributed by atoms with E-state index in [0.717, 1.165) is 10.6 Å². The summed E-state index contributed by atoms with van der Waals surface area (Å²) in [7, 11) is -3.06. The zero-order valence-electron chi connectivity index (χ0n) is 10.1. The van der Waals surface area contributed by atoms with Gasteiger partial charge in [0.25, 0.3) is 0 Å². The summed E-state index contributed by atoms with van der Waals surface area (Å²) < 4.78 is 23.1. The molecular weight excluding hydrogens is 276 g/mol. The zero-order valence-corrected chi connectivity index (χ0v) is 12.5. The molecule has 1 rings (SSSR count). The number of hydrogen-bond donors (Lipinski definition) is 1. The molecule has 0 fully saturated rings. The first-order valence-electron chi connectivity index (χ1n) is 5.26. The van der Waals surface area contributed by atoms with E-state index in [9.17, 15) is 8.42 Å². The topological polar surface area (TPSA) is 73.0 Å². The Balaban J connectivity index is 3.13. The van der Waals surface area contributed by atoms with Crippen LogP contribution in [0.25, 0.3) is 0 Å². The van der Waals surface area contributed by atoms with E-state index in [1.807, 2.05) is 13.8 Å². The van der Waals surface area contributed by atoms with Crippen molar-refractivity contribution in [2.45, 2.75) is 32.4 Å². The fourth-order valence-electron chi connectivity index (χ4n) is 1.30. The molecule has 0 aromatic carbocycles. The van der Waals surface area contributed by atoms with Gasteiger partial charge in [-0.2, -0.15) is 0 Å². The number of sulfone groups is 1. The third-order valence-corrected chi connectivity index (χ3v) is 5.46. The maximum Gasteiger partial charge on any atom is 0.156 e. The van der Waals surface area contributed by atoms with Crippen molar-refractivity contribution < 1.29 is 8.42 Å². The van der Waals surface area contributed by atoms with Gasteiger partial charge in [-0.15, -0.1) is 11.3 Å². The quantitative estimate of drug-likeness (QED) is 0.838. The lowest BCUT2D eigenvalue weighted by molar-refractivity contribution is 0.596. The molecule has 96 valence electrons. The Hall–Kier alpha value is -0.530. The standard InChI is InChI=1S/C10H16N2O2S3/c1-4-17(13,14)5-7-12-8(6(2)3)9(16-7)10(11)15/h6H,4-5H2,1-3H3,(H2,11,15). The molecule has 0 aliphatic carbocycles. The Kier molecular flexibility index (Phi) is 4.62. The van der Waals surface area contributed by atoms with E-state index in [1.165, 1.54) is 11.3 Å². The van der Waals surface area contributed by atoms with E-state index >= 15 is 0 Å². The molecule has 0 spiro atoms. The largest absolute Gasteiger partial charge is 0.389 e. The first-order valence-corrected chi connectivity index (χ1v) is 8.31. The lowest BCUT2D eigenvalue weighted by Crippen LogP contribution is -2.10.